The minimum absolute atomic E-state index is 0.645. The van der Waals surface area contributed by atoms with Crippen LogP contribution in [0, 0.1) is 0 Å². The van der Waals surface area contributed by atoms with E-state index < -0.39 is 0 Å². The molecule has 0 unspecified atom stereocenters. The van der Waals surface area contributed by atoms with Crippen molar-refractivity contribution in [2.45, 2.75) is 0 Å². The summed E-state index contributed by atoms with van der Waals surface area (Å²) < 4.78 is 0. The molecule has 1 N–H and O–H groups in total. The summed E-state index contributed by atoms with van der Waals surface area (Å²) >= 11 is 0. The molecule has 4 heteroatoms. The van der Waals surface area contributed by atoms with Crippen molar-refractivity contribution < 1.29 is 0 Å². The van der Waals surface area contributed by atoms with Gasteiger partial charge in [-0.3, -0.25) is 4.90 Å². The number of rotatable bonds is 2. The number of hydrogen-bond donors (Lipinski definition) is 1. The van der Waals surface area contributed by atoms with Gasteiger partial charge in [0.05, 0.1) is 11.9 Å². The molecule has 1 aliphatic rings. The second-order valence-electron chi connectivity index (χ2n) is 3.89. The third-order valence-corrected chi connectivity index (χ3v) is 2.70. The van der Waals surface area contributed by atoms with E-state index in [9.17, 15) is 0 Å². The molecule has 2 aromatic rings. The summed E-state index contributed by atoms with van der Waals surface area (Å²) in [6, 6.07) is 10.1. The van der Waals surface area contributed by atoms with E-state index in [0.29, 0.717) is 11.8 Å². The molecule has 2 heterocycles. The highest BCUT2D eigenvalue weighted by Gasteiger charge is 2.12. The Morgan fingerprint density at radius 2 is 2.00 bits per heavy atom. The molecule has 0 bridgehead atoms. The standard InChI is InChI=1S/C14H12N4/c1-11-15-8-5-9-18(11)14-16-10-13(17-14)12-6-3-2-4-7-12/h2-10H,1H2,(H,16,17). The third kappa shape index (κ3) is 1.84. The molecule has 0 aliphatic carbocycles. The van der Waals surface area contributed by atoms with Crippen LogP contribution in [0.5, 0.6) is 0 Å². The van der Waals surface area contributed by atoms with Gasteiger partial charge in [-0.2, -0.15) is 0 Å². The average Bonchev–Trinajstić information content (AvgIpc) is 2.90. The Kier molecular flexibility index (Phi) is 2.53. The van der Waals surface area contributed by atoms with Crippen molar-refractivity contribution in [3.63, 3.8) is 0 Å². The van der Waals surface area contributed by atoms with E-state index in [1.54, 1.807) is 6.21 Å². The Balaban J connectivity index is 1.93. The minimum Gasteiger partial charge on any atom is -0.323 e. The van der Waals surface area contributed by atoms with E-state index in [2.05, 4.69) is 21.5 Å². The third-order valence-electron chi connectivity index (χ3n) is 2.70. The molecule has 1 aliphatic heterocycles. The molecule has 0 atom stereocenters. The zero-order valence-corrected chi connectivity index (χ0v) is 9.74. The van der Waals surface area contributed by atoms with Gasteiger partial charge in [-0.25, -0.2) is 9.98 Å². The van der Waals surface area contributed by atoms with Crippen molar-refractivity contribution in [3.05, 3.63) is 61.2 Å². The molecule has 0 amide bonds. The normalized spacial score (nSPS) is 14.2. The van der Waals surface area contributed by atoms with Crippen molar-refractivity contribution in [3.8, 4) is 11.3 Å². The Hall–Kier alpha value is -2.62. The molecule has 0 radical (unpaired) electrons. The van der Waals surface area contributed by atoms with Gasteiger partial charge >= 0.3 is 0 Å². The number of benzene rings is 1. The first kappa shape index (κ1) is 10.5. The molecular weight excluding hydrogens is 224 g/mol. The summed E-state index contributed by atoms with van der Waals surface area (Å²) in [6.45, 7) is 3.87. The fourth-order valence-electron chi connectivity index (χ4n) is 1.79. The molecule has 18 heavy (non-hydrogen) atoms. The van der Waals surface area contributed by atoms with E-state index in [-0.39, 0.29) is 0 Å². The van der Waals surface area contributed by atoms with Gasteiger partial charge < -0.3 is 4.98 Å². The summed E-state index contributed by atoms with van der Waals surface area (Å²) in [5, 5.41) is 0. The number of aliphatic imine (C=N–C) groups is 1. The molecular formula is C14H12N4. The summed E-state index contributed by atoms with van der Waals surface area (Å²) in [5.41, 5.74) is 2.08. The maximum absolute atomic E-state index is 4.35. The topological polar surface area (TPSA) is 44.3 Å². The summed E-state index contributed by atoms with van der Waals surface area (Å²) in [4.78, 5) is 13.6. The van der Waals surface area contributed by atoms with Crippen LogP contribution in [0.4, 0.5) is 5.95 Å². The average molecular weight is 236 g/mol. The molecule has 0 saturated carbocycles. The van der Waals surface area contributed by atoms with Crippen LogP contribution in [-0.2, 0) is 0 Å². The van der Waals surface area contributed by atoms with Gasteiger partial charge in [0, 0.05) is 12.4 Å². The molecule has 0 fully saturated rings. The van der Waals surface area contributed by atoms with Crippen molar-refractivity contribution in [2.24, 2.45) is 4.99 Å². The molecule has 3 rings (SSSR count). The minimum atomic E-state index is 0.645. The summed E-state index contributed by atoms with van der Waals surface area (Å²) in [6.07, 6.45) is 7.24. The van der Waals surface area contributed by atoms with Crippen molar-refractivity contribution in [1.29, 1.82) is 0 Å². The predicted octanol–water partition coefficient (Wildman–Crippen LogP) is 2.95. The van der Waals surface area contributed by atoms with Gasteiger partial charge in [-0.1, -0.05) is 36.9 Å². The first-order valence-electron chi connectivity index (χ1n) is 5.64. The number of imidazole rings is 1. The maximum atomic E-state index is 4.35. The Morgan fingerprint density at radius 1 is 1.17 bits per heavy atom. The van der Waals surface area contributed by atoms with Gasteiger partial charge in [-0.15, -0.1) is 0 Å². The highest BCUT2D eigenvalue weighted by molar-refractivity contribution is 5.76. The number of H-pyrrole nitrogens is 1. The van der Waals surface area contributed by atoms with Crippen LogP contribution in [0.3, 0.4) is 0 Å². The quantitative estimate of drug-likeness (QED) is 0.871. The van der Waals surface area contributed by atoms with Crippen LogP contribution in [0.2, 0.25) is 0 Å². The lowest BCUT2D eigenvalue weighted by atomic mass is 10.2. The highest BCUT2D eigenvalue weighted by Crippen LogP contribution is 2.22. The van der Waals surface area contributed by atoms with E-state index in [1.165, 1.54) is 0 Å². The monoisotopic (exact) mass is 236 g/mol. The van der Waals surface area contributed by atoms with Crippen LogP contribution in [-0.4, -0.2) is 16.2 Å². The van der Waals surface area contributed by atoms with Crippen LogP contribution in [0.25, 0.3) is 11.3 Å². The lowest BCUT2D eigenvalue weighted by molar-refractivity contribution is 1.04. The SMILES string of the molecule is C=C1N=CC=CN1c1ncc(-c2ccccc2)[nH]1. The Bertz CT molecular complexity index is 622. The van der Waals surface area contributed by atoms with Crippen molar-refractivity contribution in [1.82, 2.24) is 9.97 Å². The van der Waals surface area contributed by atoms with E-state index in [0.717, 1.165) is 11.3 Å². The fourth-order valence-corrected chi connectivity index (χ4v) is 1.79. The van der Waals surface area contributed by atoms with Crippen LogP contribution in [0.1, 0.15) is 0 Å². The summed E-state index contributed by atoms with van der Waals surface area (Å²) in [7, 11) is 0. The van der Waals surface area contributed by atoms with Gasteiger partial charge in [0.2, 0.25) is 5.95 Å². The lowest BCUT2D eigenvalue weighted by Gasteiger charge is -2.18. The van der Waals surface area contributed by atoms with E-state index in [4.69, 9.17) is 0 Å². The van der Waals surface area contributed by atoms with Gasteiger partial charge in [-0.05, 0) is 11.6 Å². The molecule has 0 spiro atoms. The Morgan fingerprint density at radius 3 is 2.78 bits per heavy atom. The zero-order chi connectivity index (χ0) is 12.4. The van der Waals surface area contributed by atoms with E-state index in [1.807, 2.05) is 53.7 Å². The van der Waals surface area contributed by atoms with Gasteiger partial charge in [0.15, 0.2) is 0 Å². The van der Waals surface area contributed by atoms with Crippen molar-refractivity contribution in [2.75, 3.05) is 4.90 Å². The molecule has 4 nitrogen and oxygen atoms in total. The number of nitrogens with one attached hydrogen (secondary N) is 1. The maximum Gasteiger partial charge on any atom is 0.213 e. The molecule has 1 aromatic carbocycles. The lowest BCUT2D eigenvalue weighted by Crippen LogP contribution is -2.16. The Labute approximate surface area is 105 Å². The number of allylic oxidation sites excluding steroid dienone is 1. The van der Waals surface area contributed by atoms with Crippen LogP contribution < -0.4 is 4.90 Å². The predicted molar refractivity (Wildman–Crippen MR) is 73.3 cm³/mol. The second kappa shape index (κ2) is 4.33. The second-order valence-corrected chi connectivity index (χ2v) is 3.89. The van der Waals surface area contributed by atoms with Crippen LogP contribution >= 0.6 is 0 Å². The number of aromatic nitrogens is 2. The van der Waals surface area contributed by atoms with E-state index >= 15 is 0 Å². The number of nitrogens with zero attached hydrogens (tertiary/aromatic N) is 3. The molecule has 1 aromatic heterocycles. The fraction of sp³-hybridized carbons (Fsp3) is 0. The first-order chi connectivity index (χ1) is 8.84. The smallest absolute Gasteiger partial charge is 0.213 e. The zero-order valence-electron chi connectivity index (χ0n) is 9.74. The molecule has 88 valence electrons. The van der Waals surface area contributed by atoms with Crippen LogP contribution in [0.15, 0.2) is 66.2 Å². The van der Waals surface area contributed by atoms with Crippen molar-refractivity contribution >= 4 is 12.2 Å². The summed E-state index contributed by atoms with van der Waals surface area (Å²) in [5.74, 6) is 1.36. The number of aromatic amines is 1. The number of hydrogen-bond acceptors (Lipinski definition) is 3. The van der Waals surface area contributed by atoms with Gasteiger partial charge in [0.1, 0.15) is 5.82 Å². The number of anilines is 1. The molecule has 0 saturated heterocycles. The first-order valence-corrected chi connectivity index (χ1v) is 5.64. The highest BCUT2D eigenvalue weighted by atomic mass is 15.3. The van der Waals surface area contributed by atoms with Gasteiger partial charge in [0.25, 0.3) is 0 Å². The largest absolute Gasteiger partial charge is 0.323 e.